The molecule has 2 unspecified atom stereocenters. The Morgan fingerprint density at radius 3 is 2.62 bits per heavy atom. The van der Waals surface area contributed by atoms with E-state index >= 15 is 0 Å². The van der Waals surface area contributed by atoms with E-state index in [1.54, 1.807) is 12.3 Å². The zero-order valence-corrected chi connectivity index (χ0v) is 17.1. The van der Waals surface area contributed by atoms with Gasteiger partial charge < -0.3 is 14.7 Å². The number of aliphatic hydroxyl groups is 1. The molecule has 1 aliphatic heterocycles. The molecule has 26 heavy (non-hydrogen) atoms. The predicted molar refractivity (Wildman–Crippen MR) is 105 cm³/mol. The fourth-order valence-corrected chi connectivity index (χ4v) is 4.92. The zero-order chi connectivity index (χ0) is 18.5. The highest BCUT2D eigenvalue weighted by Gasteiger charge is 2.30. The smallest absolute Gasteiger partial charge is 0.341 e. The number of carbonyl (C=O) groups is 1. The van der Waals surface area contributed by atoms with Gasteiger partial charge in [0.25, 0.3) is 0 Å². The summed E-state index contributed by atoms with van der Waals surface area (Å²) in [6.07, 6.45) is 10.2. The maximum atomic E-state index is 12.1. The van der Waals surface area contributed by atoms with E-state index < -0.39 is 0 Å². The molecule has 0 bridgehead atoms. The van der Waals surface area contributed by atoms with Crippen LogP contribution in [0.1, 0.15) is 55.3 Å². The normalized spacial score (nSPS) is 24.5. The van der Waals surface area contributed by atoms with Crippen molar-refractivity contribution in [1.29, 1.82) is 0 Å². The Kier molecular flexibility index (Phi) is 6.92. The lowest BCUT2D eigenvalue weighted by Crippen LogP contribution is -2.37. The first-order valence-electron chi connectivity index (χ1n) is 9.72. The van der Waals surface area contributed by atoms with Crippen LogP contribution < -0.4 is 4.90 Å². The number of methoxy groups -OCH3 is 1. The highest BCUT2D eigenvalue weighted by atomic mass is 79.9. The minimum Gasteiger partial charge on any atom is -0.465 e. The van der Waals surface area contributed by atoms with Crippen molar-refractivity contribution in [2.75, 3.05) is 31.7 Å². The summed E-state index contributed by atoms with van der Waals surface area (Å²) < 4.78 is 5.70. The van der Waals surface area contributed by atoms with Crippen molar-refractivity contribution in [1.82, 2.24) is 4.98 Å². The first-order chi connectivity index (χ1) is 12.6. The summed E-state index contributed by atoms with van der Waals surface area (Å²) in [5.74, 6) is 2.27. The van der Waals surface area contributed by atoms with Gasteiger partial charge in [0.15, 0.2) is 0 Å². The quantitative estimate of drug-likeness (QED) is 0.722. The molecule has 1 aromatic rings. The van der Waals surface area contributed by atoms with Crippen LogP contribution in [-0.2, 0) is 4.74 Å². The Morgan fingerprint density at radius 1 is 1.27 bits per heavy atom. The van der Waals surface area contributed by atoms with Gasteiger partial charge in [-0.1, -0.05) is 19.3 Å². The molecule has 0 radical (unpaired) electrons. The number of ether oxygens (including phenoxy) is 1. The summed E-state index contributed by atoms with van der Waals surface area (Å²) in [5, 5.41) is 9.65. The van der Waals surface area contributed by atoms with Crippen LogP contribution >= 0.6 is 15.9 Å². The second-order valence-electron chi connectivity index (χ2n) is 7.67. The average Bonchev–Trinajstić information content (AvgIpc) is 2.68. The first kappa shape index (κ1) is 19.6. The highest BCUT2D eigenvalue weighted by molar-refractivity contribution is 9.10. The molecule has 2 heterocycles. The fourth-order valence-electron chi connectivity index (χ4n) is 4.59. The van der Waals surface area contributed by atoms with Gasteiger partial charge in [0.05, 0.1) is 7.11 Å². The van der Waals surface area contributed by atoms with E-state index in [0.717, 1.165) is 36.2 Å². The summed E-state index contributed by atoms with van der Waals surface area (Å²) in [5.41, 5.74) is 0.521. The van der Waals surface area contributed by atoms with Crippen molar-refractivity contribution in [3.63, 3.8) is 0 Å². The summed E-state index contributed by atoms with van der Waals surface area (Å²) in [6, 6.07) is 1.79. The van der Waals surface area contributed by atoms with Crippen molar-refractivity contribution in [3.8, 4) is 0 Å². The van der Waals surface area contributed by atoms with Crippen molar-refractivity contribution in [2.24, 2.45) is 17.8 Å². The van der Waals surface area contributed by atoms with Crippen molar-refractivity contribution in [3.05, 3.63) is 22.3 Å². The number of pyridine rings is 1. The number of anilines is 1. The van der Waals surface area contributed by atoms with Gasteiger partial charge >= 0.3 is 5.97 Å². The number of aliphatic hydroxyl groups excluding tert-OH is 1. The van der Waals surface area contributed by atoms with Crippen LogP contribution in [0.4, 0.5) is 5.82 Å². The molecule has 0 amide bonds. The molecule has 1 N–H and O–H groups in total. The van der Waals surface area contributed by atoms with Gasteiger partial charge in [0.2, 0.25) is 0 Å². The van der Waals surface area contributed by atoms with Gasteiger partial charge in [-0.05, 0) is 65.4 Å². The molecule has 1 aromatic heterocycles. The number of piperidine rings is 1. The number of aromatic nitrogens is 1. The number of hydrogen-bond donors (Lipinski definition) is 1. The molecule has 0 spiro atoms. The first-order valence-corrected chi connectivity index (χ1v) is 10.5. The minimum atomic E-state index is -0.344. The van der Waals surface area contributed by atoms with E-state index in [1.807, 2.05) is 0 Å². The van der Waals surface area contributed by atoms with Gasteiger partial charge in [-0.3, -0.25) is 0 Å². The lowest BCUT2D eigenvalue weighted by atomic mass is 9.73. The second-order valence-corrected chi connectivity index (χ2v) is 8.59. The molecule has 0 aromatic carbocycles. The second kappa shape index (κ2) is 9.18. The molecule has 2 atom stereocenters. The maximum Gasteiger partial charge on any atom is 0.341 e. The summed E-state index contributed by atoms with van der Waals surface area (Å²) in [6.45, 7) is 2.18. The molecule has 5 nitrogen and oxygen atoms in total. The van der Waals surface area contributed by atoms with Crippen LogP contribution in [0, 0.1) is 17.8 Å². The Labute approximate surface area is 164 Å². The Balaban J connectivity index is 1.61. The third kappa shape index (κ3) is 4.58. The fraction of sp³-hybridized carbons (Fsp3) is 0.700. The average molecular weight is 425 g/mol. The number of hydrogen-bond acceptors (Lipinski definition) is 5. The molecule has 3 rings (SSSR count). The minimum absolute atomic E-state index is 0.342. The highest BCUT2D eigenvalue weighted by Crippen LogP contribution is 2.37. The number of nitrogens with zero attached hydrogens (tertiary/aromatic N) is 2. The molecule has 2 aliphatic rings. The van der Waals surface area contributed by atoms with Crippen molar-refractivity contribution in [2.45, 2.75) is 44.9 Å². The number of rotatable bonds is 5. The molecule has 1 saturated carbocycles. The summed E-state index contributed by atoms with van der Waals surface area (Å²) in [7, 11) is 1.40. The van der Waals surface area contributed by atoms with Crippen LogP contribution in [0.5, 0.6) is 0 Å². The number of esters is 1. The molecule has 1 aliphatic carbocycles. The van der Waals surface area contributed by atoms with Crippen LogP contribution in [0.3, 0.4) is 0 Å². The molecule has 1 saturated heterocycles. The lowest BCUT2D eigenvalue weighted by molar-refractivity contribution is 0.0600. The van der Waals surface area contributed by atoms with Crippen molar-refractivity contribution < 1.29 is 14.6 Å². The topological polar surface area (TPSA) is 62.7 Å². The van der Waals surface area contributed by atoms with E-state index in [1.165, 1.54) is 39.2 Å². The molecular weight excluding hydrogens is 396 g/mol. The van der Waals surface area contributed by atoms with Gasteiger partial charge in [-0.15, -0.1) is 0 Å². The standard InChI is InChI=1S/C20H29BrN2O3/c1-26-20(25)18-11-17(21)12-22-19(18)23-8-6-14(7-9-23)10-15-4-2-3-5-16(15)13-24/h11-12,14-16,24H,2-10,13H2,1H3. The van der Waals surface area contributed by atoms with Gasteiger partial charge in [0.1, 0.15) is 11.4 Å². The van der Waals surface area contributed by atoms with E-state index in [-0.39, 0.29) is 5.97 Å². The maximum absolute atomic E-state index is 12.1. The van der Waals surface area contributed by atoms with E-state index in [4.69, 9.17) is 4.74 Å². The molecular formula is C20H29BrN2O3. The third-order valence-electron chi connectivity index (χ3n) is 6.09. The Hall–Kier alpha value is -1.14. The zero-order valence-electron chi connectivity index (χ0n) is 15.5. The Morgan fingerprint density at radius 2 is 1.96 bits per heavy atom. The van der Waals surface area contributed by atoms with Gasteiger partial charge in [-0.2, -0.15) is 0 Å². The van der Waals surface area contributed by atoms with E-state index in [0.29, 0.717) is 29.9 Å². The summed E-state index contributed by atoms with van der Waals surface area (Å²) in [4.78, 5) is 18.8. The Bertz CT molecular complexity index is 617. The molecule has 2 fully saturated rings. The third-order valence-corrected chi connectivity index (χ3v) is 6.52. The SMILES string of the molecule is COC(=O)c1cc(Br)cnc1N1CCC(CC2CCCCC2CO)CC1. The van der Waals surface area contributed by atoms with Crippen LogP contribution in [0.25, 0.3) is 0 Å². The van der Waals surface area contributed by atoms with E-state index in [2.05, 4.69) is 25.8 Å². The van der Waals surface area contributed by atoms with Crippen LogP contribution in [-0.4, -0.2) is 42.9 Å². The molecule has 144 valence electrons. The van der Waals surface area contributed by atoms with Gasteiger partial charge in [-0.25, -0.2) is 9.78 Å². The number of halogens is 1. The monoisotopic (exact) mass is 424 g/mol. The van der Waals surface area contributed by atoms with Gasteiger partial charge in [0, 0.05) is 30.4 Å². The predicted octanol–water partition coefficient (Wildman–Crippen LogP) is 4.04. The number of carbonyl (C=O) groups excluding carboxylic acids is 1. The lowest BCUT2D eigenvalue weighted by Gasteiger charge is -2.37. The van der Waals surface area contributed by atoms with E-state index in [9.17, 15) is 9.90 Å². The van der Waals surface area contributed by atoms with Crippen molar-refractivity contribution >= 4 is 27.7 Å². The van der Waals surface area contributed by atoms with Crippen LogP contribution in [0.15, 0.2) is 16.7 Å². The molecule has 6 heteroatoms. The van der Waals surface area contributed by atoms with Crippen LogP contribution in [0.2, 0.25) is 0 Å². The largest absolute Gasteiger partial charge is 0.465 e. The summed E-state index contributed by atoms with van der Waals surface area (Å²) >= 11 is 3.39.